The molecule has 6 heteroatoms. The minimum atomic E-state index is -0.233. The molecular weight excluding hydrogens is 244 g/mol. The van der Waals surface area contributed by atoms with Crippen LogP contribution in [0.15, 0.2) is 12.4 Å². The Morgan fingerprint density at radius 1 is 1.53 bits per heavy atom. The van der Waals surface area contributed by atoms with Gasteiger partial charge in [-0.3, -0.25) is 4.68 Å². The lowest BCUT2D eigenvalue weighted by Gasteiger charge is -2.18. The Hall–Kier alpha value is -1.56. The standard InChI is InChI=1S/C13H24N4O2/c1-10(2)6-12(9-18)16-13(19)14-5-4-11-7-15-17(3)8-11/h7-8,10,12,18H,4-6,9H2,1-3H3,(H2,14,16,19). The number of aromatic nitrogens is 2. The fraction of sp³-hybridized carbons (Fsp3) is 0.692. The number of nitrogens with one attached hydrogen (secondary N) is 2. The third kappa shape index (κ3) is 6.24. The van der Waals surface area contributed by atoms with E-state index in [2.05, 4.69) is 29.6 Å². The highest BCUT2D eigenvalue weighted by Gasteiger charge is 2.12. The van der Waals surface area contributed by atoms with Crippen molar-refractivity contribution in [1.29, 1.82) is 0 Å². The predicted molar refractivity (Wildman–Crippen MR) is 73.8 cm³/mol. The fourth-order valence-corrected chi connectivity index (χ4v) is 1.91. The summed E-state index contributed by atoms with van der Waals surface area (Å²) in [4.78, 5) is 11.6. The van der Waals surface area contributed by atoms with Crippen molar-refractivity contribution in [3.8, 4) is 0 Å². The van der Waals surface area contributed by atoms with Crippen LogP contribution >= 0.6 is 0 Å². The summed E-state index contributed by atoms with van der Waals surface area (Å²) in [5.74, 6) is 0.438. The molecule has 0 aliphatic heterocycles. The summed E-state index contributed by atoms with van der Waals surface area (Å²) in [7, 11) is 1.86. The highest BCUT2D eigenvalue weighted by molar-refractivity contribution is 5.74. The van der Waals surface area contributed by atoms with E-state index in [0.29, 0.717) is 12.5 Å². The zero-order valence-electron chi connectivity index (χ0n) is 11.9. The topological polar surface area (TPSA) is 79.2 Å². The van der Waals surface area contributed by atoms with Gasteiger partial charge in [-0.25, -0.2) is 4.79 Å². The van der Waals surface area contributed by atoms with Crippen molar-refractivity contribution in [1.82, 2.24) is 20.4 Å². The minimum absolute atomic E-state index is 0.0335. The van der Waals surface area contributed by atoms with E-state index in [1.54, 1.807) is 10.9 Å². The quantitative estimate of drug-likeness (QED) is 0.680. The van der Waals surface area contributed by atoms with Crippen molar-refractivity contribution in [3.63, 3.8) is 0 Å². The monoisotopic (exact) mass is 268 g/mol. The molecule has 1 atom stereocenters. The average molecular weight is 268 g/mol. The maximum absolute atomic E-state index is 11.6. The first-order valence-electron chi connectivity index (χ1n) is 6.64. The molecule has 0 saturated carbocycles. The van der Waals surface area contributed by atoms with Gasteiger partial charge < -0.3 is 15.7 Å². The number of hydrogen-bond donors (Lipinski definition) is 3. The van der Waals surface area contributed by atoms with E-state index < -0.39 is 0 Å². The molecule has 1 heterocycles. The number of hydrogen-bond acceptors (Lipinski definition) is 3. The molecule has 6 nitrogen and oxygen atoms in total. The summed E-state index contributed by atoms with van der Waals surface area (Å²) >= 11 is 0. The first-order chi connectivity index (χ1) is 9.01. The number of rotatable bonds is 7. The van der Waals surface area contributed by atoms with Gasteiger partial charge >= 0.3 is 6.03 Å². The number of carbonyl (C=O) groups is 1. The maximum atomic E-state index is 11.6. The molecule has 108 valence electrons. The Morgan fingerprint density at radius 2 is 2.26 bits per heavy atom. The van der Waals surface area contributed by atoms with E-state index in [0.717, 1.165) is 18.4 Å². The summed E-state index contributed by atoms with van der Waals surface area (Å²) in [6, 6.07) is -0.415. The molecule has 0 radical (unpaired) electrons. The van der Waals surface area contributed by atoms with E-state index in [1.165, 1.54) is 0 Å². The summed E-state index contributed by atoms with van der Waals surface area (Å²) in [6.45, 7) is 4.64. The van der Waals surface area contributed by atoms with Crippen molar-refractivity contribution in [2.24, 2.45) is 13.0 Å². The number of amides is 2. The Bertz CT molecular complexity index is 390. The molecule has 1 aromatic heterocycles. The van der Waals surface area contributed by atoms with Crippen molar-refractivity contribution in [3.05, 3.63) is 18.0 Å². The number of carbonyl (C=O) groups excluding carboxylic acids is 1. The van der Waals surface area contributed by atoms with Gasteiger partial charge in [0.2, 0.25) is 0 Å². The van der Waals surface area contributed by atoms with Crippen LogP contribution in [0.1, 0.15) is 25.8 Å². The van der Waals surface area contributed by atoms with Gasteiger partial charge in [-0.1, -0.05) is 13.8 Å². The zero-order chi connectivity index (χ0) is 14.3. The van der Waals surface area contributed by atoms with Gasteiger partial charge in [0.25, 0.3) is 0 Å². The van der Waals surface area contributed by atoms with Crippen LogP contribution in [0.5, 0.6) is 0 Å². The smallest absolute Gasteiger partial charge is 0.315 e. The molecule has 19 heavy (non-hydrogen) atoms. The molecule has 1 unspecified atom stereocenters. The van der Waals surface area contributed by atoms with Crippen molar-refractivity contribution < 1.29 is 9.90 Å². The molecule has 0 aliphatic carbocycles. The van der Waals surface area contributed by atoms with Gasteiger partial charge in [0.05, 0.1) is 18.8 Å². The number of urea groups is 1. The lowest BCUT2D eigenvalue weighted by atomic mass is 10.0. The third-order valence-electron chi connectivity index (χ3n) is 2.77. The van der Waals surface area contributed by atoms with Crippen LogP contribution in [0.25, 0.3) is 0 Å². The van der Waals surface area contributed by atoms with Crippen LogP contribution in [0.4, 0.5) is 4.79 Å². The summed E-state index contributed by atoms with van der Waals surface area (Å²) in [6.07, 6.45) is 5.23. The first kappa shape index (κ1) is 15.5. The number of aliphatic hydroxyl groups is 1. The number of nitrogens with zero attached hydrogens (tertiary/aromatic N) is 2. The van der Waals surface area contributed by atoms with Gasteiger partial charge in [0, 0.05) is 19.8 Å². The van der Waals surface area contributed by atoms with E-state index in [1.807, 2.05) is 13.2 Å². The van der Waals surface area contributed by atoms with E-state index in [-0.39, 0.29) is 18.7 Å². The van der Waals surface area contributed by atoms with Crippen LogP contribution in [0.3, 0.4) is 0 Å². The molecule has 0 aliphatic rings. The van der Waals surface area contributed by atoms with E-state index in [4.69, 9.17) is 0 Å². The predicted octanol–water partition coefficient (Wildman–Crippen LogP) is 0.669. The number of aliphatic hydroxyl groups excluding tert-OH is 1. The Morgan fingerprint density at radius 3 is 2.79 bits per heavy atom. The molecule has 1 rings (SSSR count). The van der Waals surface area contributed by atoms with Crippen molar-refractivity contribution in [2.75, 3.05) is 13.2 Å². The molecule has 1 aromatic rings. The summed E-state index contributed by atoms with van der Waals surface area (Å²) in [5.41, 5.74) is 1.09. The average Bonchev–Trinajstić information content (AvgIpc) is 2.73. The normalized spacial score (nSPS) is 12.5. The fourth-order valence-electron chi connectivity index (χ4n) is 1.91. The lowest BCUT2D eigenvalue weighted by molar-refractivity contribution is 0.207. The SMILES string of the molecule is CC(C)CC(CO)NC(=O)NCCc1cnn(C)c1. The molecule has 0 spiro atoms. The molecule has 2 amide bonds. The largest absolute Gasteiger partial charge is 0.394 e. The van der Waals surface area contributed by atoms with Gasteiger partial charge in [0.15, 0.2) is 0 Å². The molecular formula is C13H24N4O2. The van der Waals surface area contributed by atoms with Crippen LogP contribution in [0.2, 0.25) is 0 Å². The van der Waals surface area contributed by atoms with Crippen LogP contribution < -0.4 is 10.6 Å². The third-order valence-corrected chi connectivity index (χ3v) is 2.77. The second-order valence-corrected chi connectivity index (χ2v) is 5.18. The molecule has 0 aromatic carbocycles. The lowest BCUT2D eigenvalue weighted by Crippen LogP contribution is -2.44. The van der Waals surface area contributed by atoms with Gasteiger partial charge in [0.1, 0.15) is 0 Å². The van der Waals surface area contributed by atoms with Gasteiger partial charge in [-0.05, 0) is 24.3 Å². The van der Waals surface area contributed by atoms with Crippen molar-refractivity contribution in [2.45, 2.75) is 32.7 Å². The van der Waals surface area contributed by atoms with Crippen LogP contribution in [-0.4, -0.2) is 40.1 Å². The summed E-state index contributed by atoms with van der Waals surface area (Å²) < 4.78 is 1.74. The van der Waals surface area contributed by atoms with E-state index in [9.17, 15) is 9.90 Å². The number of aryl methyl sites for hydroxylation is 1. The minimum Gasteiger partial charge on any atom is -0.394 e. The van der Waals surface area contributed by atoms with Gasteiger partial charge in [-0.2, -0.15) is 5.10 Å². The molecule has 0 saturated heterocycles. The Labute approximate surface area is 114 Å². The first-order valence-corrected chi connectivity index (χ1v) is 6.64. The second kappa shape index (κ2) is 7.78. The molecule has 0 fully saturated rings. The Balaban J connectivity index is 2.23. The highest BCUT2D eigenvalue weighted by atomic mass is 16.3. The van der Waals surface area contributed by atoms with E-state index >= 15 is 0 Å². The van der Waals surface area contributed by atoms with Crippen molar-refractivity contribution >= 4 is 6.03 Å². The second-order valence-electron chi connectivity index (χ2n) is 5.18. The summed E-state index contributed by atoms with van der Waals surface area (Å²) in [5, 5.41) is 18.8. The maximum Gasteiger partial charge on any atom is 0.315 e. The highest BCUT2D eigenvalue weighted by Crippen LogP contribution is 2.03. The molecule has 3 N–H and O–H groups in total. The van der Waals surface area contributed by atoms with Crippen LogP contribution in [-0.2, 0) is 13.5 Å². The molecule has 0 bridgehead atoms. The van der Waals surface area contributed by atoms with Crippen LogP contribution in [0, 0.1) is 5.92 Å². The van der Waals surface area contributed by atoms with Gasteiger partial charge in [-0.15, -0.1) is 0 Å². The zero-order valence-corrected chi connectivity index (χ0v) is 11.9. The Kier molecular flexibility index (Phi) is 6.35.